The van der Waals surface area contributed by atoms with Gasteiger partial charge in [-0.15, -0.1) is 0 Å². The van der Waals surface area contributed by atoms with E-state index in [4.69, 9.17) is 14.2 Å². The number of methoxy groups -OCH3 is 4. The zero-order valence-corrected chi connectivity index (χ0v) is 32.2. The first-order chi connectivity index (χ1) is 23.5. The van der Waals surface area contributed by atoms with Gasteiger partial charge < -0.3 is 18.9 Å². The highest BCUT2D eigenvalue weighted by Crippen LogP contribution is 2.34. The van der Waals surface area contributed by atoms with Crippen LogP contribution in [-0.2, 0) is 35.0 Å². The van der Waals surface area contributed by atoms with E-state index in [0.717, 1.165) is 46.2 Å². The molecule has 0 saturated carbocycles. The number of nitrogens with zero attached hydrogens (tertiary/aromatic N) is 2. The van der Waals surface area contributed by atoms with Crippen LogP contribution in [0.3, 0.4) is 0 Å². The van der Waals surface area contributed by atoms with E-state index in [1.165, 1.54) is 54.8 Å². The number of alkyl halides is 1. The predicted octanol–water partition coefficient (Wildman–Crippen LogP) is 9.17. The van der Waals surface area contributed by atoms with Gasteiger partial charge in [-0.3, -0.25) is 18.7 Å². The van der Waals surface area contributed by atoms with Crippen LogP contribution in [0, 0.1) is 11.8 Å². The lowest BCUT2D eigenvalue weighted by Crippen LogP contribution is -2.17. The van der Waals surface area contributed by atoms with Gasteiger partial charge in [-0.2, -0.15) is 0 Å². The summed E-state index contributed by atoms with van der Waals surface area (Å²) in [5.41, 5.74) is 2.99. The highest BCUT2D eigenvalue weighted by atomic mass is 127. The van der Waals surface area contributed by atoms with Gasteiger partial charge in [0.25, 0.3) is 0 Å². The first-order valence-corrected chi connectivity index (χ1v) is 18.1. The largest absolute Gasteiger partial charge is 0.469 e. The quantitative estimate of drug-likeness (QED) is 0.0640. The molecule has 0 bridgehead atoms. The first kappa shape index (κ1) is 41.3. The summed E-state index contributed by atoms with van der Waals surface area (Å²) < 4.78 is 23.4. The van der Waals surface area contributed by atoms with E-state index < -0.39 is 18.1 Å². The molecule has 0 spiro atoms. The lowest BCUT2D eigenvalue weighted by atomic mass is 9.87. The van der Waals surface area contributed by atoms with Crippen molar-refractivity contribution < 1.29 is 38.1 Å². The third kappa shape index (κ3) is 11.6. The number of para-hydroxylation sites is 2. The molecule has 0 fully saturated rings. The number of hydrogen-bond donors (Lipinski definition) is 0. The van der Waals surface area contributed by atoms with Crippen molar-refractivity contribution >= 4 is 68.5 Å². The molecule has 2 heterocycles. The summed E-state index contributed by atoms with van der Waals surface area (Å²) in [4.78, 5) is 47.4. The van der Waals surface area contributed by atoms with Gasteiger partial charge in [0.15, 0.2) is 0 Å². The minimum atomic E-state index is -0.484. The van der Waals surface area contributed by atoms with Gasteiger partial charge in [0, 0.05) is 27.6 Å². The molecule has 0 N–H and O–H groups in total. The van der Waals surface area contributed by atoms with E-state index in [-0.39, 0.29) is 18.4 Å². The number of carbonyl (C=O) groups excluding carboxylic acids is 4. The molecule has 0 saturated heterocycles. The van der Waals surface area contributed by atoms with Crippen LogP contribution in [0.1, 0.15) is 76.8 Å². The summed E-state index contributed by atoms with van der Waals surface area (Å²) >= 11 is 2.44. The smallest absolute Gasteiger partial charge is 0.418 e. The second-order valence-electron chi connectivity index (χ2n) is 12.0. The molecule has 4 aromatic rings. The van der Waals surface area contributed by atoms with Crippen LogP contribution in [0.25, 0.3) is 21.8 Å². The summed E-state index contributed by atoms with van der Waals surface area (Å²) in [6, 6.07) is 14.9. The fraction of sp³-hybridized carbons (Fsp3) is 0.474. The van der Waals surface area contributed by atoms with E-state index in [1.807, 2.05) is 42.5 Å². The number of halogens is 1. The Morgan fingerprint density at radius 2 is 1.20 bits per heavy atom. The Bertz CT molecular complexity index is 1660. The lowest BCUT2D eigenvalue weighted by molar-refractivity contribution is -0.143. The number of aromatic nitrogens is 2. The van der Waals surface area contributed by atoms with Crippen LogP contribution in [0.4, 0.5) is 9.59 Å². The minimum absolute atomic E-state index is 0.126. The lowest BCUT2D eigenvalue weighted by Gasteiger charge is -2.18. The van der Waals surface area contributed by atoms with Crippen molar-refractivity contribution in [2.45, 2.75) is 72.1 Å². The summed E-state index contributed by atoms with van der Waals surface area (Å²) in [6.07, 6.45) is 8.01. The standard InChI is InChI=1S/C19H25NO4.C13H13NO4.C6H13I/c1-5-8-13(2)11-15(18(21)23-3)16-12-20(19(22)24-4)17-10-7-6-9-14(16)17;1-17-12(15)7-9-8-14(13(16)18-2)11-6-4-3-5-10(9)11;1-3-4-6(2)5-7/h6-7,9-10,12-13,15H,5,8,11H2,1-4H3;3-6,8H,7H2,1-2H3;6H,3-5H2,1-2H3. The topological polar surface area (TPSA) is 115 Å². The third-order valence-corrected chi connectivity index (χ3v) is 9.67. The second-order valence-corrected chi connectivity index (χ2v) is 12.8. The van der Waals surface area contributed by atoms with Crippen LogP contribution in [0.15, 0.2) is 60.9 Å². The van der Waals surface area contributed by atoms with E-state index in [9.17, 15) is 19.2 Å². The van der Waals surface area contributed by atoms with Gasteiger partial charge in [0.1, 0.15) is 0 Å². The number of ether oxygens (including phenoxy) is 4. The van der Waals surface area contributed by atoms with Crippen LogP contribution >= 0.6 is 22.6 Å². The van der Waals surface area contributed by atoms with Gasteiger partial charge in [-0.25, -0.2) is 9.59 Å². The summed E-state index contributed by atoms with van der Waals surface area (Å²) in [7, 11) is 5.40. The first-order valence-electron chi connectivity index (χ1n) is 16.6. The molecule has 0 radical (unpaired) electrons. The zero-order valence-electron chi connectivity index (χ0n) is 30.0. The average molecular weight is 791 g/mol. The molecular weight excluding hydrogens is 739 g/mol. The van der Waals surface area contributed by atoms with Crippen LogP contribution in [-0.4, -0.2) is 66.1 Å². The van der Waals surface area contributed by atoms with Crippen molar-refractivity contribution in [2.24, 2.45) is 11.8 Å². The third-order valence-electron chi connectivity index (χ3n) is 8.17. The predicted molar refractivity (Wildman–Crippen MR) is 202 cm³/mol. The summed E-state index contributed by atoms with van der Waals surface area (Å²) in [5, 5.41) is 1.72. The van der Waals surface area contributed by atoms with E-state index in [0.29, 0.717) is 17.9 Å². The van der Waals surface area contributed by atoms with E-state index in [1.54, 1.807) is 18.5 Å². The number of hydrogen-bond acceptors (Lipinski definition) is 8. The fourth-order valence-electron chi connectivity index (χ4n) is 5.68. The van der Waals surface area contributed by atoms with E-state index >= 15 is 0 Å². The van der Waals surface area contributed by atoms with Crippen molar-refractivity contribution in [3.63, 3.8) is 0 Å². The number of benzene rings is 2. The maximum atomic E-state index is 12.4. The number of fused-ring (bicyclic) bond motifs is 2. The molecule has 0 aliphatic heterocycles. The highest BCUT2D eigenvalue weighted by Gasteiger charge is 2.28. The Morgan fingerprint density at radius 1 is 0.694 bits per heavy atom. The molecule has 3 atom stereocenters. The fourth-order valence-corrected chi connectivity index (χ4v) is 6.12. The van der Waals surface area contributed by atoms with E-state index in [2.05, 4.69) is 55.0 Å². The Labute approximate surface area is 303 Å². The van der Waals surface area contributed by atoms with Crippen molar-refractivity contribution in [3.8, 4) is 0 Å². The molecule has 10 nitrogen and oxygen atoms in total. The molecule has 4 rings (SSSR count). The van der Waals surface area contributed by atoms with Crippen LogP contribution < -0.4 is 0 Å². The molecule has 11 heteroatoms. The van der Waals surface area contributed by atoms with Gasteiger partial charge in [0.05, 0.1) is 51.8 Å². The maximum Gasteiger partial charge on any atom is 0.418 e. The zero-order chi connectivity index (χ0) is 36.5. The Hall–Kier alpha value is -3.87. The molecule has 3 unspecified atom stereocenters. The van der Waals surface area contributed by atoms with Crippen LogP contribution in [0.5, 0.6) is 0 Å². The van der Waals surface area contributed by atoms with Crippen LogP contribution in [0.2, 0.25) is 0 Å². The van der Waals surface area contributed by atoms with Crippen molar-refractivity contribution in [1.29, 1.82) is 0 Å². The molecule has 0 aliphatic carbocycles. The Balaban J connectivity index is 0.000000293. The minimum Gasteiger partial charge on any atom is -0.469 e. The van der Waals surface area contributed by atoms with Crippen molar-refractivity contribution in [3.05, 3.63) is 72.1 Å². The summed E-state index contributed by atoms with van der Waals surface area (Å²) in [5.74, 6) is 0.311. The molecular formula is C38H51IN2O8. The van der Waals surface area contributed by atoms with Gasteiger partial charge >= 0.3 is 24.1 Å². The van der Waals surface area contributed by atoms with Gasteiger partial charge in [-0.1, -0.05) is 112 Å². The number of esters is 2. The Kier molecular flexibility index (Phi) is 17.9. The maximum absolute atomic E-state index is 12.4. The number of carbonyl (C=O) groups is 4. The molecule has 0 amide bonds. The monoisotopic (exact) mass is 790 g/mol. The normalized spacial score (nSPS) is 12.4. The molecule has 2 aromatic carbocycles. The van der Waals surface area contributed by atoms with Gasteiger partial charge in [-0.05, 0) is 41.5 Å². The average Bonchev–Trinajstić information content (AvgIpc) is 3.69. The summed E-state index contributed by atoms with van der Waals surface area (Å²) in [6.45, 7) is 8.81. The molecule has 49 heavy (non-hydrogen) atoms. The SMILES string of the molecule is CCCC(C)CC(C(=O)OC)c1cn(C(=O)OC)c2ccccc12.CCCC(C)CI.COC(=O)Cc1cn(C(=O)OC)c2ccccc12. The second kappa shape index (κ2) is 21.3. The molecule has 2 aromatic heterocycles. The Morgan fingerprint density at radius 3 is 1.69 bits per heavy atom. The number of rotatable bonds is 11. The van der Waals surface area contributed by atoms with Crippen molar-refractivity contribution in [1.82, 2.24) is 9.13 Å². The van der Waals surface area contributed by atoms with Gasteiger partial charge in [0.2, 0.25) is 0 Å². The van der Waals surface area contributed by atoms with Crippen molar-refractivity contribution in [2.75, 3.05) is 32.9 Å². The molecule has 0 aliphatic rings. The highest BCUT2D eigenvalue weighted by molar-refractivity contribution is 14.1. The molecule has 268 valence electrons.